The second-order valence-corrected chi connectivity index (χ2v) is 6.10. The van der Waals surface area contributed by atoms with Crippen molar-refractivity contribution in [2.24, 2.45) is 17.6 Å². The van der Waals surface area contributed by atoms with Crippen molar-refractivity contribution in [1.82, 2.24) is 0 Å². The number of hydrogen-bond acceptors (Lipinski definition) is 3. The van der Waals surface area contributed by atoms with E-state index in [4.69, 9.17) is 23.1 Å². The smallest absolute Gasteiger partial charge is 0.250 e. The van der Waals surface area contributed by atoms with Crippen molar-refractivity contribution in [3.8, 4) is 0 Å². The predicted octanol–water partition coefficient (Wildman–Crippen LogP) is 3.26. The minimum Gasteiger partial charge on any atom is -0.399 e. The largest absolute Gasteiger partial charge is 0.399 e. The molecule has 2 atom stereocenters. The minimum absolute atomic E-state index is 0.360. The molecule has 0 radical (unpaired) electrons. The Kier molecular flexibility index (Phi) is 4.76. The molecule has 0 bridgehead atoms. The van der Waals surface area contributed by atoms with Gasteiger partial charge in [-0.15, -0.1) is 0 Å². The third kappa shape index (κ3) is 3.37. The number of hydrogen-bond donors (Lipinski definition) is 3. The highest BCUT2D eigenvalue weighted by atomic mass is 35.5. The Labute approximate surface area is 124 Å². The SMILES string of the molecule is CC1CCCCC1CNc1c(Cl)cc(N)cc1C(N)=O. The number of nitrogens with two attached hydrogens (primary N) is 2. The number of carbonyl (C=O) groups excluding carboxylic acids is 1. The zero-order valence-electron chi connectivity index (χ0n) is 11.8. The van der Waals surface area contributed by atoms with Crippen LogP contribution >= 0.6 is 11.6 Å². The molecule has 2 unspecified atom stereocenters. The van der Waals surface area contributed by atoms with E-state index in [2.05, 4.69) is 12.2 Å². The van der Waals surface area contributed by atoms with Crippen LogP contribution in [0.3, 0.4) is 0 Å². The van der Waals surface area contributed by atoms with E-state index in [0.29, 0.717) is 33.8 Å². The first-order chi connectivity index (χ1) is 9.49. The Morgan fingerprint density at radius 1 is 1.40 bits per heavy atom. The second kappa shape index (κ2) is 6.35. The van der Waals surface area contributed by atoms with Gasteiger partial charge in [0.1, 0.15) is 0 Å². The molecular formula is C15H22ClN3O. The van der Waals surface area contributed by atoms with E-state index in [1.807, 2.05) is 0 Å². The Hall–Kier alpha value is -1.42. The van der Waals surface area contributed by atoms with Crippen LogP contribution in [0.4, 0.5) is 11.4 Å². The van der Waals surface area contributed by atoms with E-state index in [0.717, 1.165) is 6.54 Å². The number of rotatable bonds is 4. The molecule has 1 amide bonds. The second-order valence-electron chi connectivity index (χ2n) is 5.69. The normalized spacial score (nSPS) is 22.5. The van der Waals surface area contributed by atoms with Crippen molar-refractivity contribution in [3.63, 3.8) is 0 Å². The molecule has 0 spiro atoms. The summed E-state index contributed by atoms with van der Waals surface area (Å²) in [5.74, 6) is 0.789. The van der Waals surface area contributed by atoms with Crippen LogP contribution in [0.15, 0.2) is 12.1 Å². The molecule has 1 aliphatic rings. The van der Waals surface area contributed by atoms with Gasteiger partial charge in [-0.05, 0) is 30.4 Å². The van der Waals surface area contributed by atoms with Gasteiger partial charge in [0.15, 0.2) is 0 Å². The Morgan fingerprint density at radius 2 is 2.10 bits per heavy atom. The van der Waals surface area contributed by atoms with Crippen molar-refractivity contribution < 1.29 is 4.79 Å². The summed E-state index contributed by atoms with van der Waals surface area (Å²) in [4.78, 5) is 11.5. The molecule has 110 valence electrons. The summed E-state index contributed by atoms with van der Waals surface area (Å²) in [5.41, 5.74) is 12.5. The van der Waals surface area contributed by atoms with Gasteiger partial charge in [0.25, 0.3) is 5.91 Å². The number of benzene rings is 1. The summed E-state index contributed by atoms with van der Waals surface area (Å²) in [6, 6.07) is 3.21. The number of nitrogens with one attached hydrogen (secondary N) is 1. The fourth-order valence-electron chi connectivity index (χ4n) is 2.93. The standard InChI is InChI=1S/C15H22ClN3O/c1-9-4-2-3-5-10(9)8-19-14-12(15(18)20)6-11(17)7-13(14)16/h6-7,9-10,19H,2-5,8,17H2,1H3,(H2,18,20). The maximum Gasteiger partial charge on any atom is 0.250 e. The number of amides is 1. The molecular weight excluding hydrogens is 274 g/mol. The van der Waals surface area contributed by atoms with Gasteiger partial charge in [-0.3, -0.25) is 4.79 Å². The quantitative estimate of drug-likeness (QED) is 0.746. The molecule has 5 N–H and O–H groups in total. The highest BCUT2D eigenvalue weighted by Crippen LogP contribution is 2.32. The van der Waals surface area contributed by atoms with Crippen molar-refractivity contribution in [2.45, 2.75) is 32.6 Å². The predicted molar refractivity (Wildman–Crippen MR) is 84.0 cm³/mol. The molecule has 2 rings (SSSR count). The van der Waals surface area contributed by atoms with Gasteiger partial charge in [-0.2, -0.15) is 0 Å². The van der Waals surface area contributed by atoms with Crippen molar-refractivity contribution in [2.75, 3.05) is 17.6 Å². The zero-order chi connectivity index (χ0) is 14.7. The van der Waals surface area contributed by atoms with Crippen molar-refractivity contribution in [1.29, 1.82) is 0 Å². The Balaban J connectivity index is 2.14. The lowest BCUT2D eigenvalue weighted by atomic mass is 9.80. The van der Waals surface area contributed by atoms with Gasteiger partial charge in [0, 0.05) is 12.2 Å². The summed E-state index contributed by atoms with van der Waals surface area (Å²) >= 11 is 6.18. The Bertz CT molecular complexity index is 504. The maximum atomic E-state index is 11.5. The number of nitrogen functional groups attached to an aromatic ring is 1. The van der Waals surface area contributed by atoms with E-state index < -0.39 is 5.91 Å². The third-order valence-electron chi connectivity index (χ3n) is 4.21. The van der Waals surface area contributed by atoms with Crippen LogP contribution in [0.5, 0.6) is 0 Å². The van der Waals surface area contributed by atoms with E-state index >= 15 is 0 Å². The minimum atomic E-state index is -0.515. The van der Waals surface area contributed by atoms with Gasteiger partial charge in [0.2, 0.25) is 0 Å². The fourth-order valence-corrected chi connectivity index (χ4v) is 3.23. The first kappa shape index (κ1) is 15.0. The van der Waals surface area contributed by atoms with Crippen molar-refractivity contribution >= 4 is 28.9 Å². The van der Waals surface area contributed by atoms with E-state index in [1.165, 1.54) is 25.7 Å². The molecule has 1 aliphatic carbocycles. The van der Waals surface area contributed by atoms with Crippen LogP contribution in [0.1, 0.15) is 43.0 Å². The highest BCUT2D eigenvalue weighted by Gasteiger charge is 2.22. The topological polar surface area (TPSA) is 81.1 Å². The lowest BCUT2D eigenvalue weighted by Crippen LogP contribution is -2.25. The van der Waals surface area contributed by atoms with Crippen LogP contribution in [-0.4, -0.2) is 12.5 Å². The van der Waals surface area contributed by atoms with Crippen LogP contribution in [0.25, 0.3) is 0 Å². The van der Waals surface area contributed by atoms with Gasteiger partial charge in [0.05, 0.1) is 16.3 Å². The summed E-state index contributed by atoms with van der Waals surface area (Å²) < 4.78 is 0. The van der Waals surface area contributed by atoms with Crippen LogP contribution in [-0.2, 0) is 0 Å². The van der Waals surface area contributed by atoms with E-state index in [9.17, 15) is 4.79 Å². The number of carbonyl (C=O) groups is 1. The zero-order valence-corrected chi connectivity index (χ0v) is 12.5. The highest BCUT2D eigenvalue weighted by molar-refractivity contribution is 6.34. The summed E-state index contributed by atoms with van der Waals surface area (Å²) in [6.45, 7) is 3.09. The molecule has 4 nitrogen and oxygen atoms in total. The average Bonchev–Trinajstić information content (AvgIpc) is 2.38. The summed E-state index contributed by atoms with van der Waals surface area (Å²) in [6.07, 6.45) is 5.07. The van der Waals surface area contributed by atoms with E-state index in [1.54, 1.807) is 12.1 Å². The molecule has 0 aromatic heterocycles. The van der Waals surface area contributed by atoms with E-state index in [-0.39, 0.29) is 0 Å². The fraction of sp³-hybridized carbons (Fsp3) is 0.533. The molecule has 1 saturated carbocycles. The molecule has 0 heterocycles. The number of anilines is 2. The summed E-state index contributed by atoms with van der Waals surface area (Å²) in [5, 5.41) is 3.75. The first-order valence-electron chi connectivity index (χ1n) is 7.11. The lowest BCUT2D eigenvalue weighted by Gasteiger charge is -2.29. The molecule has 5 heteroatoms. The monoisotopic (exact) mass is 295 g/mol. The average molecular weight is 296 g/mol. The molecule has 1 aromatic rings. The number of halogens is 1. The van der Waals surface area contributed by atoms with Gasteiger partial charge in [-0.1, -0.05) is 37.8 Å². The van der Waals surface area contributed by atoms with Gasteiger partial charge < -0.3 is 16.8 Å². The molecule has 1 fully saturated rings. The van der Waals surface area contributed by atoms with Crippen LogP contribution in [0.2, 0.25) is 5.02 Å². The van der Waals surface area contributed by atoms with Gasteiger partial charge >= 0.3 is 0 Å². The molecule has 0 saturated heterocycles. The molecule has 0 aliphatic heterocycles. The summed E-state index contributed by atoms with van der Waals surface area (Å²) in [7, 11) is 0. The first-order valence-corrected chi connectivity index (χ1v) is 7.49. The van der Waals surface area contributed by atoms with Gasteiger partial charge in [-0.25, -0.2) is 0 Å². The van der Waals surface area contributed by atoms with Crippen LogP contribution in [0, 0.1) is 11.8 Å². The molecule has 20 heavy (non-hydrogen) atoms. The lowest BCUT2D eigenvalue weighted by molar-refractivity contribution is 0.100. The number of primary amides is 1. The maximum absolute atomic E-state index is 11.5. The molecule has 1 aromatic carbocycles. The van der Waals surface area contributed by atoms with Crippen LogP contribution < -0.4 is 16.8 Å². The third-order valence-corrected chi connectivity index (χ3v) is 4.51. The van der Waals surface area contributed by atoms with Crippen molar-refractivity contribution in [3.05, 3.63) is 22.7 Å². The Morgan fingerprint density at radius 3 is 2.75 bits per heavy atom.